The van der Waals surface area contributed by atoms with Gasteiger partial charge in [-0.2, -0.15) is 35.6 Å². The highest BCUT2D eigenvalue weighted by molar-refractivity contribution is 7.94. The first-order chi connectivity index (χ1) is 31.8. The van der Waals surface area contributed by atoms with E-state index in [-0.39, 0.29) is 34.0 Å². The summed E-state index contributed by atoms with van der Waals surface area (Å²) in [5, 5.41) is 88.1. The Morgan fingerprint density at radius 1 is 0.721 bits per heavy atom. The fourth-order valence-corrected chi connectivity index (χ4v) is 7.94. The van der Waals surface area contributed by atoms with Crippen molar-refractivity contribution in [1.29, 1.82) is 0 Å². The van der Waals surface area contributed by atoms with E-state index in [1.54, 1.807) is 0 Å². The Morgan fingerprint density at radius 2 is 1.32 bits per heavy atom. The monoisotopic (exact) mass is 1020 g/mol. The van der Waals surface area contributed by atoms with Crippen LogP contribution in [0.15, 0.2) is 128 Å². The largest absolute Gasteiger partial charge is 0.505 e. The van der Waals surface area contributed by atoms with E-state index in [1.165, 1.54) is 0 Å². The summed E-state index contributed by atoms with van der Waals surface area (Å²) >= 11 is 0.171. The summed E-state index contributed by atoms with van der Waals surface area (Å²) < 4.78 is 106. The van der Waals surface area contributed by atoms with E-state index in [4.69, 9.17) is 10.5 Å². The second-order valence-corrected chi connectivity index (χ2v) is 17.7. The number of fused-ring (bicyclic) bond motifs is 1. The average Bonchev–Trinajstić information content (AvgIpc) is 3.61. The van der Waals surface area contributed by atoms with Crippen molar-refractivity contribution in [2.45, 2.75) is 19.6 Å². The van der Waals surface area contributed by atoms with Gasteiger partial charge in [-0.05, 0) is 66.0 Å². The normalized spacial score (nSPS) is 12.4. The van der Waals surface area contributed by atoms with Gasteiger partial charge in [-0.15, -0.1) is 29.9 Å². The van der Waals surface area contributed by atoms with Crippen LogP contribution in [0.5, 0.6) is 11.5 Å². The second-order valence-electron chi connectivity index (χ2n) is 12.8. The van der Waals surface area contributed by atoms with Crippen molar-refractivity contribution >= 4 is 105 Å². The first-order valence-electron chi connectivity index (χ1n) is 17.2. The number of carboxylic acid groups (broad SMARTS) is 1. The molecule has 0 atom stereocenters. The maximum atomic E-state index is 13.2. The van der Waals surface area contributed by atoms with Crippen molar-refractivity contribution in [3.8, 4) is 17.2 Å². The molecule has 1 aromatic heterocycles. The van der Waals surface area contributed by atoms with Crippen molar-refractivity contribution in [3.63, 3.8) is 0 Å². The SMILES string of the molecule is O=C(OO)c1cc2cc(S(=O)(=O)O)c(N=Nc3ccc(N=Nc4c(C(=O)O)[nH]n(-c5ccc(S(=O)(=O)O)cc5)c4=O)cc3SOOO)c(O)c2c(O)c1N=Nc1ccc([N+](=O)[O-])cc1S(=O)(=O)O. The van der Waals surface area contributed by atoms with E-state index in [2.05, 4.69) is 50.0 Å². The third kappa shape index (κ3) is 10.4. The van der Waals surface area contributed by atoms with E-state index < -0.39 is 129 Å². The van der Waals surface area contributed by atoms with Crippen molar-refractivity contribution in [1.82, 2.24) is 9.78 Å². The maximum absolute atomic E-state index is 13.2. The summed E-state index contributed by atoms with van der Waals surface area (Å²) in [4.78, 5) is 48.5. The molecule has 0 saturated heterocycles. The third-order valence-electron chi connectivity index (χ3n) is 8.65. The van der Waals surface area contributed by atoms with Gasteiger partial charge in [-0.1, -0.05) is 5.04 Å². The molecule has 0 aliphatic rings. The quantitative estimate of drug-likeness (QED) is 0.0127. The zero-order valence-electron chi connectivity index (χ0n) is 32.4. The van der Waals surface area contributed by atoms with Crippen LogP contribution in [0.1, 0.15) is 20.8 Å². The number of carbonyl (C=O) groups is 2. The number of hydrogen-bond donors (Lipinski definition) is 9. The average molecular weight is 1020 g/mol. The fourth-order valence-electron chi connectivity index (χ4n) is 5.69. The molecule has 6 rings (SSSR count). The number of aromatic carboxylic acids is 1. The molecule has 0 aliphatic heterocycles. The number of aromatic amines is 1. The number of rotatable bonds is 16. The van der Waals surface area contributed by atoms with Gasteiger partial charge in [0.25, 0.3) is 41.6 Å². The highest BCUT2D eigenvalue weighted by Crippen LogP contribution is 2.50. The van der Waals surface area contributed by atoms with Crippen LogP contribution < -0.4 is 5.56 Å². The molecule has 6 aromatic rings. The Labute approximate surface area is 378 Å². The molecule has 0 amide bonds. The van der Waals surface area contributed by atoms with Crippen LogP contribution in [0.4, 0.5) is 39.8 Å². The van der Waals surface area contributed by atoms with Gasteiger partial charge in [0, 0.05) is 12.1 Å². The van der Waals surface area contributed by atoms with Gasteiger partial charge in [-0.3, -0.25) is 38.6 Å². The van der Waals surface area contributed by atoms with Gasteiger partial charge >= 0.3 is 11.9 Å². The predicted molar refractivity (Wildman–Crippen MR) is 221 cm³/mol. The molecule has 68 heavy (non-hydrogen) atoms. The van der Waals surface area contributed by atoms with Crippen LogP contribution in [0, 0.1) is 10.1 Å². The van der Waals surface area contributed by atoms with E-state index in [1.807, 2.05) is 0 Å². The number of aromatic nitrogens is 2. The first-order valence-corrected chi connectivity index (χ1v) is 22.3. The minimum absolute atomic E-state index is 0.0932. The van der Waals surface area contributed by atoms with Gasteiger partial charge < -0.3 is 15.3 Å². The summed E-state index contributed by atoms with van der Waals surface area (Å²) in [7, 11) is -15.3. The van der Waals surface area contributed by atoms with Crippen molar-refractivity contribution in [2.24, 2.45) is 30.7 Å². The number of phenolic OH excluding ortho intramolecular Hbond substituents is 2. The number of nitro groups is 1. The standard InChI is InChI=1S/C33H21N9O22S4/c43-29-24-13(9-18(33(48)62-51)25(29)37-36-20-8-4-16(42(49)50)12-22(20)67(56,57)58)10-23(68(59,60)61)26(30(24)44)38-35-19-7-1-14(11-21(19)65-64-63-52)34-39-27-28(32(46)47)40-41(31(27)45)15-2-5-17(6-3-15)66(53,54)55/h1-12,40,43-44,51-52H,(H,46,47)(H,53,54,55)(H,56,57,58)(H,59,60,61). The van der Waals surface area contributed by atoms with E-state index >= 15 is 0 Å². The minimum atomic E-state index is -5.44. The summed E-state index contributed by atoms with van der Waals surface area (Å²) in [5.74, 6) is -6.05. The van der Waals surface area contributed by atoms with Crippen LogP contribution in [-0.2, 0) is 44.6 Å². The lowest BCUT2D eigenvalue weighted by atomic mass is 10.0. The number of nitro benzene ring substituents is 1. The lowest BCUT2D eigenvalue weighted by Gasteiger charge is -2.13. The molecule has 0 fully saturated rings. The van der Waals surface area contributed by atoms with E-state index in [0.717, 1.165) is 48.5 Å². The van der Waals surface area contributed by atoms with Gasteiger partial charge in [0.1, 0.15) is 32.5 Å². The molecule has 35 heteroatoms. The Hall–Kier alpha value is -7.97. The molecular weight excluding hydrogens is 1000 g/mol. The van der Waals surface area contributed by atoms with E-state index in [0.29, 0.717) is 28.9 Å². The molecule has 31 nitrogen and oxygen atoms in total. The van der Waals surface area contributed by atoms with Crippen molar-refractivity contribution in [3.05, 3.63) is 105 Å². The lowest BCUT2D eigenvalue weighted by Crippen LogP contribution is -2.14. The maximum Gasteiger partial charge on any atom is 0.375 e. The zero-order valence-corrected chi connectivity index (χ0v) is 35.7. The molecule has 0 radical (unpaired) electrons. The molecule has 0 unspecified atom stereocenters. The number of hydrogen-bond acceptors (Lipinski definition) is 25. The highest BCUT2D eigenvalue weighted by atomic mass is 32.2. The number of H-pyrrole nitrogens is 1. The predicted octanol–water partition coefficient (Wildman–Crippen LogP) is 6.38. The minimum Gasteiger partial charge on any atom is -0.505 e. The summed E-state index contributed by atoms with van der Waals surface area (Å²) in [5.41, 5.74) is -8.17. The van der Waals surface area contributed by atoms with Gasteiger partial charge in [0.2, 0.25) is 0 Å². The third-order valence-corrected chi connectivity index (χ3v) is 11.9. The highest BCUT2D eigenvalue weighted by Gasteiger charge is 2.29. The summed E-state index contributed by atoms with van der Waals surface area (Å²) in [6.45, 7) is 0. The van der Waals surface area contributed by atoms with E-state index in [9.17, 15) is 78.7 Å². The van der Waals surface area contributed by atoms with Crippen LogP contribution >= 0.6 is 12.0 Å². The van der Waals surface area contributed by atoms with Crippen molar-refractivity contribution < 1.29 is 93.5 Å². The molecule has 5 aromatic carbocycles. The number of aromatic hydroxyl groups is 2. The molecule has 0 saturated carbocycles. The number of carboxylic acids is 1. The Kier molecular flexibility index (Phi) is 13.9. The molecule has 9 N–H and O–H groups in total. The molecule has 0 aliphatic carbocycles. The van der Waals surface area contributed by atoms with Gasteiger partial charge in [0.15, 0.2) is 22.9 Å². The van der Waals surface area contributed by atoms with Gasteiger partial charge in [-0.25, -0.2) is 19.5 Å². The molecule has 354 valence electrons. The number of nitrogens with one attached hydrogen (secondary N) is 1. The molecule has 1 heterocycles. The Balaban J connectivity index is 1.45. The topological polar surface area (TPSA) is 481 Å². The molecule has 0 spiro atoms. The zero-order chi connectivity index (χ0) is 50.0. The molecular formula is C33H21N9O22S4. The Morgan fingerprint density at radius 3 is 1.91 bits per heavy atom. The number of azo groups is 3. The summed E-state index contributed by atoms with van der Waals surface area (Å²) in [6.07, 6.45) is 0. The number of nitrogens with zero attached hydrogens (tertiary/aromatic N) is 8. The second kappa shape index (κ2) is 19.1. The van der Waals surface area contributed by atoms with Crippen LogP contribution in [0.25, 0.3) is 16.5 Å². The molecule has 0 bridgehead atoms. The van der Waals surface area contributed by atoms with Crippen LogP contribution in [-0.4, -0.2) is 91.4 Å². The summed E-state index contributed by atoms with van der Waals surface area (Å²) in [6, 6.07) is 10.1. The van der Waals surface area contributed by atoms with Crippen molar-refractivity contribution in [2.75, 3.05) is 0 Å². The smallest absolute Gasteiger partial charge is 0.375 e. The van der Waals surface area contributed by atoms with Crippen LogP contribution in [0.2, 0.25) is 0 Å². The number of benzene rings is 5. The number of carbonyl (C=O) groups excluding carboxylic acids is 1. The number of phenols is 2. The van der Waals surface area contributed by atoms with Crippen LogP contribution in [0.3, 0.4) is 0 Å². The van der Waals surface area contributed by atoms with Gasteiger partial charge in [0.05, 0.1) is 49.1 Å². The number of non-ortho nitro benzene ring substituents is 1. The Bertz CT molecular complexity index is 3600. The first kappa shape index (κ1) is 49.5. The fraction of sp³-hybridized carbons (Fsp3) is 0. The lowest BCUT2D eigenvalue weighted by molar-refractivity contribution is -0.432.